The van der Waals surface area contributed by atoms with Gasteiger partial charge in [0, 0.05) is 22.9 Å². The van der Waals surface area contributed by atoms with Crippen molar-refractivity contribution in [3.05, 3.63) is 66.0 Å². The molecule has 3 aromatic rings. The van der Waals surface area contributed by atoms with E-state index in [9.17, 15) is 0 Å². The quantitative estimate of drug-likeness (QED) is 0.439. The van der Waals surface area contributed by atoms with Gasteiger partial charge in [-0.25, -0.2) is 9.67 Å². The van der Waals surface area contributed by atoms with Crippen molar-refractivity contribution in [1.82, 2.24) is 14.8 Å². The van der Waals surface area contributed by atoms with Crippen LogP contribution in [0.1, 0.15) is 61.7 Å². The maximum atomic E-state index is 5.10. The molecule has 2 aliphatic carbocycles. The minimum absolute atomic E-state index is 0.540. The lowest BCUT2D eigenvalue weighted by Gasteiger charge is -2.28. The molecule has 0 unspecified atom stereocenters. The molecule has 0 amide bonds. The van der Waals surface area contributed by atoms with E-state index in [0.717, 1.165) is 23.9 Å². The molecule has 0 spiro atoms. The second-order valence-electron chi connectivity index (χ2n) is 8.61. The molecule has 1 aromatic heterocycles. The van der Waals surface area contributed by atoms with Gasteiger partial charge in [0.25, 0.3) is 0 Å². The minimum Gasteiger partial charge on any atom is -0.249 e. The van der Waals surface area contributed by atoms with Gasteiger partial charge in [-0.05, 0) is 74.3 Å². The average molecular weight is 404 g/mol. The third-order valence-corrected chi connectivity index (χ3v) is 7.24. The fourth-order valence-electron chi connectivity index (χ4n) is 4.63. The van der Waals surface area contributed by atoms with E-state index >= 15 is 0 Å². The summed E-state index contributed by atoms with van der Waals surface area (Å²) >= 11 is 1.77. The van der Waals surface area contributed by atoms with E-state index in [4.69, 9.17) is 10.1 Å². The first-order valence-corrected chi connectivity index (χ1v) is 12.2. The molecule has 1 heterocycles. The summed E-state index contributed by atoms with van der Waals surface area (Å²) in [4.78, 5) is 6.37. The molecule has 3 nitrogen and oxygen atoms in total. The Morgan fingerprint density at radius 2 is 1.66 bits per heavy atom. The van der Waals surface area contributed by atoms with Crippen LogP contribution in [0, 0.1) is 5.92 Å². The van der Waals surface area contributed by atoms with E-state index in [2.05, 4.69) is 65.5 Å². The predicted octanol–water partition coefficient (Wildman–Crippen LogP) is 6.52. The molecule has 2 saturated carbocycles. The van der Waals surface area contributed by atoms with Gasteiger partial charge in [-0.15, -0.1) is 11.8 Å². The molecule has 2 aromatic carbocycles. The second kappa shape index (κ2) is 8.35. The zero-order valence-corrected chi connectivity index (χ0v) is 17.9. The Morgan fingerprint density at radius 1 is 0.897 bits per heavy atom. The van der Waals surface area contributed by atoms with Crippen molar-refractivity contribution < 1.29 is 0 Å². The Balaban J connectivity index is 1.38. The summed E-state index contributed by atoms with van der Waals surface area (Å²) in [5, 5.41) is 4.98. The maximum absolute atomic E-state index is 5.10. The Morgan fingerprint density at radius 3 is 2.38 bits per heavy atom. The van der Waals surface area contributed by atoms with Gasteiger partial charge in [0.05, 0.1) is 0 Å². The van der Waals surface area contributed by atoms with Gasteiger partial charge in [-0.2, -0.15) is 5.10 Å². The number of hydrogen-bond acceptors (Lipinski definition) is 3. The van der Waals surface area contributed by atoms with Crippen LogP contribution in [0.15, 0.2) is 59.5 Å². The standard InChI is InChI=1S/C25H29N3S/c1-29-23-9-5-8-22(16-23)24-26-25(28(27-24)17-18-10-11-18)21-14-12-20(13-15-21)19-6-3-2-4-7-19/h2-9,16,18,20-21H,10-15,17H2,1H3. The average Bonchev–Trinajstić information content (AvgIpc) is 3.51. The van der Waals surface area contributed by atoms with Crippen molar-refractivity contribution in [2.24, 2.45) is 5.92 Å². The van der Waals surface area contributed by atoms with Crippen LogP contribution in [0.4, 0.5) is 0 Å². The van der Waals surface area contributed by atoms with E-state index < -0.39 is 0 Å². The fourth-order valence-corrected chi connectivity index (χ4v) is 5.09. The molecule has 29 heavy (non-hydrogen) atoms. The van der Waals surface area contributed by atoms with E-state index in [1.807, 2.05) is 0 Å². The third-order valence-electron chi connectivity index (χ3n) is 6.52. The van der Waals surface area contributed by atoms with Crippen LogP contribution in [0.5, 0.6) is 0 Å². The monoisotopic (exact) mass is 403 g/mol. The Kier molecular flexibility index (Phi) is 5.45. The van der Waals surface area contributed by atoms with Crippen molar-refractivity contribution in [2.75, 3.05) is 6.26 Å². The highest BCUT2D eigenvalue weighted by Crippen LogP contribution is 2.41. The number of hydrogen-bond donors (Lipinski definition) is 0. The van der Waals surface area contributed by atoms with Gasteiger partial charge in [0.2, 0.25) is 0 Å². The second-order valence-corrected chi connectivity index (χ2v) is 9.49. The van der Waals surface area contributed by atoms with Crippen LogP contribution in [0.2, 0.25) is 0 Å². The summed E-state index contributed by atoms with van der Waals surface area (Å²) in [6.07, 6.45) is 9.74. The van der Waals surface area contributed by atoms with Crippen molar-refractivity contribution in [3.8, 4) is 11.4 Å². The van der Waals surface area contributed by atoms with Crippen LogP contribution < -0.4 is 0 Å². The highest BCUT2D eigenvalue weighted by molar-refractivity contribution is 7.98. The van der Waals surface area contributed by atoms with E-state index in [0.29, 0.717) is 11.8 Å². The first kappa shape index (κ1) is 18.9. The van der Waals surface area contributed by atoms with Gasteiger partial charge in [-0.1, -0.05) is 42.5 Å². The molecule has 4 heteroatoms. The van der Waals surface area contributed by atoms with E-state index in [1.165, 1.54) is 54.8 Å². The SMILES string of the molecule is CSc1cccc(-c2nc(C3CCC(c4ccccc4)CC3)n(CC3CC3)n2)c1. The van der Waals surface area contributed by atoms with E-state index in [1.54, 1.807) is 11.8 Å². The normalized spacial score (nSPS) is 22.0. The molecule has 0 radical (unpaired) electrons. The summed E-state index contributed by atoms with van der Waals surface area (Å²) in [5.41, 5.74) is 2.64. The van der Waals surface area contributed by atoms with Crippen LogP contribution in [-0.4, -0.2) is 21.0 Å². The predicted molar refractivity (Wildman–Crippen MR) is 120 cm³/mol. The number of rotatable bonds is 6. The van der Waals surface area contributed by atoms with Gasteiger partial charge < -0.3 is 0 Å². The highest BCUT2D eigenvalue weighted by Gasteiger charge is 2.30. The van der Waals surface area contributed by atoms with Gasteiger partial charge in [0.1, 0.15) is 5.82 Å². The highest BCUT2D eigenvalue weighted by atomic mass is 32.2. The zero-order valence-electron chi connectivity index (χ0n) is 17.1. The maximum Gasteiger partial charge on any atom is 0.181 e. The Labute approximate surface area is 177 Å². The molecule has 0 atom stereocenters. The number of benzene rings is 2. The first-order chi connectivity index (χ1) is 14.3. The molecule has 5 rings (SSSR count). The van der Waals surface area contributed by atoms with Crippen LogP contribution in [0.3, 0.4) is 0 Å². The summed E-state index contributed by atoms with van der Waals surface area (Å²) in [5.74, 6) is 4.18. The fraction of sp³-hybridized carbons (Fsp3) is 0.440. The zero-order chi connectivity index (χ0) is 19.6. The lowest BCUT2D eigenvalue weighted by molar-refractivity contribution is 0.368. The third kappa shape index (κ3) is 4.28. The van der Waals surface area contributed by atoms with Crippen molar-refractivity contribution in [2.45, 2.75) is 61.8 Å². The Bertz CT molecular complexity index is 953. The van der Waals surface area contributed by atoms with Crippen LogP contribution >= 0.6 is 11.8 Å². The number of nitrogens with zero attached hydrogens (tertiary/aromatic N) is 3. The summed E-state index contributed by atoms with van der Waals surface area (Å²) in [6, 6.07) is 19.7. The lowest BCUT2D eigenvalue weighted by Crippen LogP contribution is -2.17. The summed E-state index contributed by atoms with van der Waals surface area (Å²) in [6.45, 7) is 1.04. The first-order valence-electron chi connectivity index (χ1n) is 10.9. The van der Waals surface area contributed by atoms with Gasteiger partial charge in [0.15, 0.2) is 5.82 Å². The van der Waals surface area contributed by atoms with Crippen molar-refractivity contribution in [1.29, 1.82) is 0 Å². The minimum atomic E-state index is 0.540. The molecule has 0 bridgehead atoms. The van der Waals surface area contributed by atoms with E-state index in [-0.39, 0.29) is 0 Å². The lowest BCUT2D eigenvalue weighted by atomic mass is 9.78. The molecule has 150 valence electrons. The molecular formula is C25H29N3S. The Hall–Kier alpha value is -2.07. The summed E-state index contributed by atoms with van der Waals surface area (Å²) in [7, 11) is 0. The van der Waals surface area contributed by atoms with Crippen molar-refractivity contribution in [3.63, 3.8) is 0 Å². The largest absolute Gasteiger partial charge is 0.249 e. The molecule has 0 aliphatic heterocycles. The van der Waals surface area contributed by atoms with Gasteiger partial charge >= 0.3 is 0 Å². The summed E-state index contributed by atoms with van der Waals surface area (Å²) < 4.78 is 2.26. The van der Waals surface area contributed by atoms with Crippen LogP contribution in [0.25, 0.3) is 11.4 Å². The molecular weight excluding hydrogens is 374 g/mol. The molecule has 2 fully saturated rings. The van der Waals surface area contributed by atoms with Crippen molar-refractivity contribution >= 4 is 11.8 Å². The number of thioether (sulfide) groups is 1. The topological polar surface area (TPSA) is 30.7 Å². The molecule has 0 N–H and O–H groups in total. The van der Waals surface area contributed by atoms with Crippen LogP contribution in [-0.2, 0) is 6.54 Å². The number of aromatic nitrogens is 3. The smallest absolute Gasteiger partial charge is 0.181 e. The molecule has 2 aliphatic rings. The van der Waals surface area contributed by atoms with Gasteiger partial charge in [-0.3, -0.25) is 0 Å². The molecule has 0 saturated heterocycles.